The second-order valence-electron chi connectivity index (χ2n) is 4.19. The Hall–Kier alpha value is -1.78. The van der Waals surface area contributed by atoms with Crippen LogP contribution < -0.4 is 5.73 Å². The summed E-state index contributed by atoms with van der Waals surface area (Å²) in [4.78, 5) is 2.23. The van der Waals surface area contributed by atoms with E-state index >= 15 is 0 Å². The molecular weight excluding hydrogens is 280 g/mol. The lowest BCUT2D eigenvalue weighted by molar-refractivity contribution is 0.437. The molecule has 0 amide bonds. The number of halogens is 1. The third kappa shape index (κ3) is 2.25. The second kappa shape index (κ2) is 4.72. The number of nitrogens with two attached hydrogens (primary N) is 1. The SMILES string of the molecule is Cc1ccc(-c2onc(N)c2-c2ccc(Cl)cc2)s1. The third-order valence-electron chi connectivity index (χ3n) is 2.82. The van der Waals surface area contributed by atoms with Gasteiger partial charge in [-0.1, -0.05) is 28.9 Å². The van der Waals surface area contributed by atoms with Crippen molar-refractivity contribution in [3.05, 3.63) is 46.3 Å². The maximum atomic E-state index is 5.92. The highest BCUT2D eigenvalue weighted by atomic mass is 35.5. The van der Waals surface area contributed by atoms with Gasteiger partial charge in [0.05, 0.1) is 10.4 Å². The molecule has 96 valence electrons. The van der Waals surface area contributed by atoms with Crippen molar-refractivity contribution in [2.45, 2.75) is 6.92 Å². The van der Waals surface area contributed by atoms with Crippen molar-refractivity contribution in [2.75, 3.05) is 5.73 Å². The normalized spacial score (nSPS) is 10.8. The van der Waals surface area contributed by atoms with Crippen LogP contribution in [-0.4, -0.2) is 5.16 Å². The first-order chi connectivity index (χ1) is 9.15. The molecule has 0 aliphatic rings. The van der Waals surface area contributed by atoms with Gasteiger partial charge in [-0.3, -0.25) is 0 Å². The molecule has 3 aromatic rings. The highest BCUT2D eigenvalue weighted by Crippen LogP contribution is 2.39. The van der Waals surface area contributed by atoms with Crippen LogP contribution in [0, 0.1) is 6.92 Å². The van der Waals surface area contributed by atoms with Gasteiger partial charge in [0, 0.05) is 9.90 Å². The smallest absolute Gasteiger partial charge is 0.186 e. The number of hydrogen-bond acceptors (Lipinski definition) is 4. The minimum Gasteiger partial charge on any atom is -0.380 e. The molecule has 3 rings (SSSR count). The molecule has 0 spiro atoms. The molecule has 2 heterocycles. The number of rotatable bonds is 2. The number of nitrogen functional groups attached to an aromatic ring is 1. The van der Waals surface area contributed by atoms with Crippen molar-refractivity contribution in [1.82, 2.24) is 5.16 Å². The minimum atomic E-state index is 0.392. The first kappa shape index (κ1) is 12.3. The maximum absolute atomic E-state index is 5.92. The summed E-state index contributed by atoms with van der Waals surface area (Å²) >= 11 is 7.56. The van der Waals surface area contributed by atoms with Gasteiger partial charge in [-0.25, -0.2) is 0 Å². The van der Waals surface area contributed by atoms with Gasteiger partial charge >= 0.3 is 0 Å². The molecule has 2 aromatic heterocycles. The Balaban J connectivity index is 2.16. The molecule has 0 unspecified atom stereocenters. The van der Waals surface area contributed by atoms with Crippen LogP contribution in [0.3, 0.4) is 0 Å². The van der Waals surface area contributed by atoms with E-state index in [1.807, 2.05) is 36.4 Å². The van der Waals surface area contributed by atoms with E-state index in [9.17, 15) is 0 Å². The molecule has 19 heavy (non-hydrogen) atoms. The average molecular weight is 291 g/mol. The van der Waals surface area contributed by atoms with Crippen LogP contribution in [0.1, 0.15) is 4.88 Å². The minimum absolute atomic E-state index is 0.392. The second-order valence-corrected chi connectivity index (χ2v) is 5.91. The van der Waals surface area contributed by atoms with Crippen LogP contribution in [0.5, 0.6) is 0 Å². The zero-order valence-corrected chi connectivity index (χ0v) is 11.8. The zero-order valence-electron chi connectivity index (χ0n) is 10.2. The molecule has 0 saturated heterocycles. The summed E-state index contributed by atoms with van der Waals surface area (Å²) in [5.41, 5.74) is 7.69. The van der Waals surface area contributed by atoms with Gasteiger partial charge in [0.2, 0.25) is 0 Å². The van der Waals surface area contributed by atoms with Crippen LogP contribution in [0.2, 0.25) is 5.02 Å². The van der Waals surface area contributed by atoms with Crippen LogP contribution >= 0.6 is 22.9 Å². The van der Waals surface area contributed by atoms with Crippen molar-refractivity contribution in [2.24, 2.45) is 0 Å². The molecular formula is C14H11ClN2OS. The molecule has 5 heteroatoms. The first-order valence-electron chi connectivity index (χ1n) is 5.73. The van der Waals surface area contributed by atoms with E-state index in [1.54, 1.807) is 11.3 Å². The summed E-state index contributed by atoms with van der Waals surface area (Å²) in [5.74, 6) is 1.10. The standard InChI is InChI=1S/C14H11ClN2OS/c1-8-2-7-11(19-8)13-12(14(16)17-18-13)9-3-5-10(15)6-4-9/h2-7H,1H3,(H2,16,17). The summed E-state index contributed by atoms with van der Waals surface area (Å²) in [6.07, 6.45) is 0. The summed E-state index contributed by atoms with van der Waals surface area (Å²) in [6, 6.07) is 11.5. The fourth-order valence-electron chi connectivity index (χ4n) is 1.92. The van der Waals surface area contributed by atoms with Crippen molar-refractivity contribution < 1.29 is 4.52 Å². The van der Waals surface area contributed by atoms with Gasteiger partial charge < -0.3 is 10.3 Å². The van der Waals surface area contributed by atoms with Gasteiger partial charge in [0.25, 0.3) is 0 Å². The number of benzene rings is 1. The van der Waals surface area contributed by atoms with E-state index in [4.69, 9.17) is 21.9 Å². The van der Waals surface area contributed by atoms with Crippen molar-refractivity contribution >= 4 is 28.8 Å². The predicted octanol–water partition coefficient (Wildman–Crippen LogP) is 4.61. The van der Waals surface area contributed by atoms with Crippen LogP contribution in [0.25, 0.3) is 21.8 Å². The average Bonchev–Trinajstić information content (AvgIpc) is 2.97. The Morgan fingerprint density at radius 1 is 1.16 bits per heavy atom. The number of aromatic nitrogens is 1. The van der Waals surface area contributed by atoms with E-state index in [0.717, 1.165) is 16.0 Å². The van der Waals surface area contributed by atoms with E-state index < -0.39 is 0 Å². The van der Waals surface area contributed by atoms with E-state index in [2.05, 4.69) is 12.1 Å². The molecule has 0 saturated carbocycles. The molecule has 0 aliphatic carbocycles. The van der Waals surface area contributed by atoms with Gasteiger partial charge in [0.15, 0.2) is 11.6 Å². The van der Waals surface area contributed by atoms with Crippen molar-refractivity contribution in [3.63, 3.8) is 0 Å². The molecule has 3 nitrogen and oxygen atoms in total. The summed E-state index contributed by atoms with van der Waals surface area (Å²) in [6.45, 7) is 2.05. The molecule has 2 N–H and O–H groups in total. The topological polar surface area (TPSA) is 52.0 Å². The third-order valence-corrected chi connectivity index (χ3v) is 4.07. The van der Waals surface area contributed by atoms with Gasteiger partial charge in [-0.15, -0.1) is 11.3 Å². The van der Waals surface area contributed by atoms with Crippen LogP contribution in [0.4, 0.5) is 5.82 Å². The number of anilines is 1. The van der Waals surface area contributed by atoms with Gasteiger partial charge in [-0.05, 0) is 36.8 Å². The molecule has 0 bridgehead atoms. The van der Waals surface area contributed by atoms with Crippen molar-refractivity contribution in [3.8, 4) is 21.8 Å². The first-order valence-corrected chi connectivity index (χ1v) is 6.92. The lowest BCUT2D eigenvalue weighted by Crippen LogP contribution is -1.88. The fraction of sp³-hybridized carbons (Fsp3) is 0.0714. The van der Waals surface area contributed by atoms with Gasteiger partial charge in [0.1, 0.15) is 0 Å². The fourth-order valence-corrected chi connectivity index (χ4v) is 2.90. The molecule has 0 radical (unpaired) electrons. The Labute approximate surface area is 119 Å². The highest BCUT2D eigenvalue weighted by molar-refractivity contribution is 7.15. The monoisotopic (exact) mass is 290 g/mol. The summed E-state index contributed by atoms with van der Waals surface area (Å²) in [5, 5.41) is 4.56. The van der Waals surface area contributed by atoms with Crippen molar-refractivity contribution in [1.29, 1.82) is 0 Å². The van der Waals surface area contributed by atoms with Gasteiger partial charge in [-0.2, -0.15) is 0 Å². The number of hydrogen-bond donors (Lipinski definition) is 1. The van der Waals surface area contributed by atoms with E-state index in [-0.39, 0.29) is 0 Å². The quantitative estimate of drug-likeness (QED) is 0.749. The van der Waals surface area contributed by atoms with E-state index in [0.29, 0.717) is 16.6 Å². The number of nitrogens with zero attached hydrogens (tertiary/aromatic N) is 1. The lowest BCUT2D eigenvalue weighted by Gasteiger charge is -2.01. The zero-order chi connectivity index (χ0) is 13.4. The maximum Gasteiger partial charge on any atom is 0.186 e. The molecule has 0 atom stereocenters. The molecule has 0 aliphatic heterocycles. The number of thiophene rings is 1. The highest BCUT2D eigenvalue weighted by Gasteiger charge is 2.18. The summed E-state index contributed by atoms with van der Waals surface area (Å²) in [7, 11) is 0. The summed E-state index contributed by atoms with van der Waals surface area (Å²) < 4.78 is 5.38. The van der Waals surface area contributed by atoms with E-state index in [1.165, 1.54) is 4.88 Å². The Bertz CT molecular complexity index is 715. The largest absolute Gasteiger partial charge is 0.380 e. The Morgan fingerprint density at radius 2 is 1.89 bits per heavy atom. The molecule has 1 aromatic carbocycles. The predicted molar refractivity (Wildman–Crippen MR) is 79.4 cm³/mol. The lowest BCUT2D eigenvalue weighted by atomic mass is 10.1. The van der Waals surface area contributed by atoms with Crippen LogP contribution in [-0.2, 0) is 0 Å². The molecule has 0 fully saturated rings. The Morgan fingerprint density at radius 3 is 2.53 bits per heavy atom. The van der Waals surface area contributed by atoms with Crippen LogP contribution in [0.15, 0.2) is 40.9 Å². The number of aryl methyl sites for hydroxylation is 1. The Kier molecular flexibility index (Phi) is 3.05.